The Morgan fingerprint density at radius 2 is 1.57 bits per heavy atom. The number of methoxy groups -OCH3 is 1. The highest BCUT2D eigenvalue weighted by Gasteiger charge is 2.50. The molecule has 1 fully saturated rings. The van der Waals surface area contributed by atoms with Gasteiger partial charge in [-0.25, -0.2) is 9.97 Å². The van der Waals surface area contributed by atoms with Crippen LogP contribution in [-0.2, 0) is 4.43 Å². The number of anilines is 4. The van der Waals surface area contributed by atoms with Gasteiger partial charge in [-0.1, -0.05) is 94.3 Å². The van der Waals surface area contributed by atoms with Gasteiger partial charge < -0.3 is 25.5 Å². The van der Waals surface area contributed by atoms with E-state index in [0.717, 1.165) is 19.3 Å². The predicted octanol–water partition coefficient (Wildman–Crippen LogP) is 5.75. The van der Waals surface area contributed by atoms with Crippen LogP contribution in [-0.4, -0.2) is 43.0 Å². The fraction of sp³-hybridized carbons (Fsp3) is 0.364. The second-order valence-corrected chi connectivity index (χ2v) is 16.3. The van der Waals surface area contributed by atoms with Gasteiger partial charge in [0.1, 0.15) is 5.69 Å². The van der Waals surface area contributed by atoms with Gasteiger partial charge in [-0.05, 0) is 40.4 Å². The highest BCUT2D eigenvalue weighted by molar-refractivity contribution is 6.99. The van der Waals surface area contributed by atoms with Crippen molar-refractivity contribution in [3.63, 3.8) is 0 Å². The molecule has 220 valence electrons. The number of nitrogens with one attached hydrogen (secondary N) is 2. The van der Waals surface area contributed by atoms with Crippen LogP contribution in [0.2, 0.25) is 5.04 Å². The minimum absolute atomic E-state index is 0.0711. The summed E-state index contributed by atoms with van der Waals surface area (Å²) >= 11 is 0. The van der Waals surface area contributed by atoms with Crippen molar-refractivity contribution in [3.8, 4) is 5.88 Å². The Morgan fingerprint density at radius 1 is 0.905 bits per heavy atom. The smallest absolute Gasteiger partial charge is 0.261 e. The van der Waals surface area contributed by atoms with Gasteiger partial charge in [-0.15, -0.1) is 0 Å². The lowest BCUT2D eigenvalue weighted by Crippen LogP contribution is -2.67. The molecule has 2 aromatic carbocycles. The zero-order valence-corrected chi connectivity index (χ0v) is 26.0. The van der Waals surface area contributed by atoms with Crippen molar-refractivity contribution in [1.82, 2.24) is 15.0 Å². The molecule has 8 nitrogen and oxygen atoms in total. The quantitative estimate of drug-likeness (QED) is 0.203. The Bertz CT molecular complexity index is 1410. The third-order valence-corrected chi connectivity index (χ3v) is 13.2. The van der Waals surface area contributed by atoms with Crippen molar-refractivity contribution in [2.75, 3.05) is 30.1 Å². The fourth-order valence-corrected chi connectivity index (χ4v) is 10.7. The molecule has 0 amide bonds. The average molecular weight is 583 g/mol. The van der Waals surface area contributed by atoms with Crippen LogP contribution < -0.4 is 31.5 Å². The zero-order chi connectivity index (χ0) is 29.6. The fourth-order valence-electron chi connectivity index (χ4n) is 6.10. The van der Waals surface area contributed by atoms with Gasteiger partial charge in [-0.2, -0.15) is 4.98 Å². The SMILES string of the molecule is COc1ncccc1Nc1ncc(N)c(N[C@@H]2CCCC[C@@H]2CO[Si](c2ccccc2)(c2ccccc2)C(C)(C)C)n1. The molecule has 4 N–H and O–H groups in total. The van der Waals surface area contributed by atoms with E-state index in [2.05, 4.69) is 102 Å². The lowest BCUT2D eigenvalue weighted by Gasteiger charge is -2.44. The molecule has 0 saturated heterocycles. The molecule has 1 aliphatic rings. The highest BCUT2D eigenvalue weighted by atomic mass is 28.4. The van der Waals surface area contributed by atoms with E-state index in [1.165, 1.54) is 16.8 Å². The number of aromatic nitrogens is 3. The Kier molecular flexibility index (Phi) is 9.08. The van der Waals surface area contributed by atoms with Crippen LogP contribution in [0.25, 0.3) is 0 Å². The van der Waals surface area contributed by atoms with E-state index in [-0.39, 0.29) is 11.1 Å². The number of nitrogens with two attached hydrogens (primary N) is 1. The highest BCUT2D eigenvalue weighted by Crippen LogP contribution is 2.38. The molecule has 5 rings (SSSR count). The molecule has 9 heteroatoms. The third kappa shape index (κ3) is 6.27. The number of hydrogen-bond acceptors (Lipinski definition) is 8. The maximum atomic E-state index is 7.33. The van der Waals surface area contributed by atoms with E-state index in [1.54, 1.807) is 19.5 Å². The predicted molar refractivity (Wildman–Crippen MR) is 173 cm³/mol. The second-order valence-electron chi connectivity index (χ2n) is 12.0. The van der Waals surface area contributed by atoms with Gasteiger partial charge in [0.05, 0.1) is 19.0 Å². The Labute approximate surface area is 250 Å². The molecular formula is C33H42N6O2Si. The van der Waals surface area contributed by atoms with Crippen molar-refractivity contribution in [2.24, 2.45) is 5.92 Å². The molecule has 2 atom stereocenters. The Hall–Kier alpha value is -3.95. The van der Waals surface area contributed by atoms with Crippen LogP contribution in [0.1, 0.15) is 46.5 Å². The van der Waals surface area contributed by atoms with Crippen LogP contribution in [0.4, 0.5) is 23.1 Å². The van der Waals surface area contributed by atoms with E-state index >= 15 is 0 Å². The van der Waals surface area contributed by atoms with Gasteiger partial charge in [0.15, 0.2) is 5.82 Å². The lowest BCUT2D eigenvalue weighted by atomic mass is 9.85. The molecule has 42 heavy (non-hydrogen) atoms. The van der Waals surface area contributed by atoms with Gasteiger partial charge >= 0.3 is 0 Å². The topological polar surface area (TPSA) is 107 Å². The molecule has 2 aromatic heterocycles. The van der Waals surface area contributed by atoms with E-state index in [1.807, 2.05) is 12.1 Å². The largest absolute Gasteiger partial charge is 0.480 e. The Morgan fingerprint density at radius 3 is 2.21 bits per heavy atom. The van der Waals surface area contributed by atoms with Gasteiger partial charge in [0.25, 0.3) is 8.32 Å². The van der Waals surface area contributed by atoms with Crippen molar-refractivity contribution in [2.45, 2.75) is 57.5 Å². The molecule has 2 heterocycles. The number of ether oxygens (including phenoxy) is 1. The molecule has 0 radical (unpaired) electrons. The number of rotatable bonds is 10. The lowest BCUT2D eigenvalue weighted by molar-refractivity contribution is 0.186. The second kappa shape index (κ2) is 12.9. The average Bonchev–Trinajstić information content (AvgIpc) is 3.00. The van der Waals surface area contributed by atoms with Crippen LogP contribution in [0.5, 0.6) is 5.88 Å². The summed E-state index contributed by atoms with van der Waals surface area (Å²) in [4.78, 5) is 13.4. The molecule has 1 saturated carbocycles. The first-order valence-corrected chi connectivity index (χ1v) is 16.6. The summed E-state index contributed by atoms with van der Waals surface area (Å²) in [6.45, 7) is 7.63. The number of nitrogens with zero attached hydrogens (tertiary/aromatic N) is 3. The van der Waals surface area contributed by atoms with Gasteiger partial charge in [-0.3, -0.25) is 0 Å². The first-order valence-electron chi connectivity index (χ1n) is 14.7. The normalized spacial score (nSPS) is 17.4. The van der Waals surface area contributed by atoms with E-state index in [9.17, 15) is 0 Å². The van der Waals surface area contributed by atoms with Crippen LogP contribution in [0.15, 0.2) is 85.2 Å². The summed E-state index contributed by atoms with van der Waals surface area (Å²) in [5.74, 6) is 1.83. The molecule has 0 bridgehead atoms. The van der Waals surface area contributed by atoms with Gasteiger partial charge in [0.2, 0.25) is 11.8 Å². The zero-order valence-electron chi connectivity index (χ0n) is 25.0. The Balaban J connectivity index is 1.40. The number of pyridine rings is 1. The first kappa shape index (κ1) is 29.5. The van der Waals surface area contributed by atoms with Crippen LogP contribution in [0.3, 0.4) is 0 Å². The summed E-state index contributed by atoms with van der Waals surface area (Å²) in [7, 11) is -1.05. The maximum Gasteiger partial charge on any atom is 0.261 e. The van der Waals surface area contributed by atoms with E-state index in [0.29, 0.717) is 41.5 Å². The summed E-state index contributed by atoms with van der Waals surface area (Å²) in [6.07, 6.45) is 7.75. The molecule has 0 aliphatic heterocycles. The monoisotopic (exact) mass is 582 g/mol. The summed E-state index contributed by atoms with van der Waals surface area (Å²) in [5.41, 5.74) is 7.57. The molecule has 4 aromatic rings. The first-order chi connectivity index (χ1) is 20.3. The minimum atomic E-state index is -2.63. The number of hydrogen-bond donors (Lipinski definition) is 3. The third-order valence-electron chi connectivity index (χ3n) is 8.19. The molecule has 0 unspecified atom stereocenters. The van der Waals surface area contributed by atoms with Crippen molar-refractivity contribution < 1.29 is 9.16 Å². The van der Waals surface area contributed by atoms with Crippen molar-refractivity contribution >= 4 is 41.8 Å². The molecular weight excluding hydrogens is 540 g/mol. The minimum Gasteiger partial charge on any atom is -0.480 e. The standard InChI is InChI=1S/C33H42N6O2Si/c1-33(2,3)42(25-15-7-5-8-16-25,26-17-9-6-10-18-26)41-23-24-14-11-12-19-28(24)37-30-27(34)22-36-32(39-30)38-29-20-13-21-35-31(29)40-4/h5-10,13,15-18,20-22,24,28H,11-12,14,19,23,34H2,1-4H3,(H2,36,37,38,39)/t24-,28-/m1/s1. The summed E-state index contributed by atoms with van der Waals surface area (Å²) in [5, 5.41) is 9.42. The van der Waals surface area contributed by atoms with E-state index in [4.69, 9.17) is 19.9 Å². The molecule has 1 aliphatic carbocycles. The maximum absolute atomic E-state index is 7.33. The summed E-state index contributed by atoms with van der Waals surface area (Å²) < 4.78 is 12.7. The van der Waals surface area contributed by atoms with Crippen molar-refractivity contribution in [1.29, 1.82) is 0 Å². The van der Waals surface area contributed by atoms with Crippen LogP contribution >= 0.6 is 0 Å². The van der Waals surface area contributed by atoms with E-state index < -0.39 is 8.32 Å². The van der Waals surface area contributed by atoms with Crippen LogP contribution in [0, 0.1) is 5.92 Å². The van der Waals surface area contributed by atoms with Gasteiger partial charge in [0, 0.05) is 24.8 Å². The molecule has 0 spiro atoms. The number of benzene rings is 2. The number of nitrogen functional groups attached to an aromatic ring is 1. The summed E-state index contributed by atoms with van der Waals surface area (Å²) in [6, 6.07) is 25.5. The van der Waals surface area contributed by atoms with Crippen molar-refractivity contribution in [3.05, 3.63) is 85.2 Å².